The van der Waals surface area contributed by atoms with Crippen LogP contribution in [0.1, 0.15) is 25.1 Å². The van der Waals surface area contributed by atoms with Gasteiger partial charge in [0.15, 0.2) is 11.5 Å². The molecule has 0 bridgehead atoms. The normalized spacial score (nSPS) is 21.5. The molecule has 1 aliphatic rings. The maximum absolute atomic E-state index is 12.2. The van der Waals surface area contributed by atoms with E-state index in [1.165, 1.54) is 0 Å². The molecule has 1 saturated carbocycles. The minimum Gasteiger partial charge on any atom is -0.481 e. The second-order valence-corrected chi connectivity index (χ2v) is 5.24. The number of rotatable bonds is 4. The number of fused-ring (bicyclic) bond motifs is 1. The first-order valence-corrected chi connectivity index (χ1v) is 6.96. The Bertz CT molecular complexity index is 682. The van der Waals surface area contributed by atoms with Crippen LogP contribution >= 0.6 is 0 Å². The molecule has 1 aliphatic carbocycles. The van der Waals surface area contributed by atoms with Crippen molar-refractivity contribution in [3.8, 4) is 0 Å². The van der Waals surface area contributed by atoms with Crippen molar-refractivity contribution in [2.45, 2.75) is 25.8 Å². The average molecular weight is 288 g/mol. The smallest absolute Gasteiger partial charge is 0.307 e. The molecular formula is C14H16N4O3. The third-order valence-corrected chi connectivity index (χ3v) is 3.97. The zero-order valence-electron chi connectivity index (χ0n) is 11.4. The quantitative estimate of drug-likeness (QED) is 0.869. The molecule has 21 heavy (non-hydrogen) atoms. The van der Waals surface area contributed by atoms with Crippen LogP contribution in [-0.2, 0) is 16.1 Å². The summed E-state index contributed by atoms with van der Waals surface area (Å²) < 4.78 is 1.80. The first kappa shape index (κ1) is 13.5. The van der Waals surface area contributed by atoms with Gasteiger partial charge in [-0.2, -0.15) is 0 Å². The standard InChI is InChI=1S/C14H16N4O3/c19-13(9-4-3-5-10(9)14(20)21)15-8-12-17-16-11-6-1-2-7-18(11)12/h1-2,6-7,9-10H,3-5,8H2,(H,15,19)(H,20,21). The number of hydrogen-bond donors (Lipinski definition) is 2. The number of aromatic nitrogens is 3. The molecule has 1 fully saturated rings. The van der Waals surface area contributed by atoms with Crippen LogP contribution in [0.4, 0.5) is 0 Å². The Kier molecular flexibility index (Phi) is 3.55. The first-order valence-electron chi connectivity index (χ1n) is 6.96. The van der Waals surface area contributed by atoms with Crippen LogP contribution in [0.15, 0.2) is 24.4 Å². The predicted molar refractivity (Wildman–Crippen MR) is 73.3 cm³/mol. The molecule has 7 heteroatoms. The van der Waals surface area contributed by atoms with Crippen LogP contribution in [0.5, 0.6) is 0 Å². The fourth-order valence-electron chi connectivity index (χ4n) is 2.88. The Labute approximate surface area is 121 Å². The Morgan fingerprint density at radius 3 is 2.90 bits per heavy atom. The number of nitrogens with zero attached hydrogens (tertiary/aromatic N) is 3. The average Bonchev–Trinajstić information content (AvgIpc) is 3.12. The summed E-state index contributed by atoms with van der Waals surface area (Å²) >= 11 is 0. The van der Waals surface area contributed by atoms with Gasteiger partial charge in [-0.3, -0.25) is 14.0 Å². The molecule has 0 aromatic carbocycles. The van der Waals surface area contributed by atoms with Crippen molar-refractivity contribution < 1.29 is 14.7 Å². The largest absolute Gasteiger partial charge is 0.481 e. The minimum atomic E-state index is -0.888. The van der Waals surface area contributed by atoms with Crippen LogP contribution < -0.4 is 5.32 Å². The van der Waals surface area contributed by atoms with Gasteiger partial charge in [-0.25, -0.2) is 0 Å². The maximum atomic E-state index is 12.2. The van der Waals surface area contributed by atoms with E-state index >= 15 is 0 Å². The van der Waals surface area contributed by atoms with Crippen LogP contribution in [-0.4, -0.2) is 31.6 Å². The predicted octanol–water partition coefficient (Wildman–Crippen LogP) is 0.846. The molecule has 0 aliphatic heterocycles. The van der Waals surface area contributed by atoms with Crippen LogP contribution in [0.25, 0.3) is 5.65 Å². The highest BCUT2D eigenvalue weighted by Crippen LogP contribution is 2.32. The van der Waals surface area contributed by atoms with Gasteiger partial charge < -0.3 is 10.4 Å². The van der Waals surface area contributed by atoms with Crippen molar-refractivity contribution in [3.05, 3.63) is 30.2 Å². The van der Waals surface area contributed by atoms with Crippen molar-refractivity contribution in [2.75, 3.05) is 0 Å². The maximum Gasteiger partial charge on any atom is 0.307 e. The van der Waals surface area contributed by atoms with E-state index in [0.717, 1.165) is 6.42 Å². The van der Waals surface area contributed by atoms with E-state index in [-0.39, 0.29) is 12.5 Å². The zero-order valence-corrected chi connectivity index (χ0v) is 11.4. The molecule has 1 amide bonds. The van der Waals surface area contributed by atoms with E-state index < -0.39 is 17.8 Å². The Hall–Kier alpha value is -2.44. The van der Waals surface area contributed by atoms with Gasteiger partial charge in [0.2, 0.25) is 5.91 Å². The van der Waals surface area contributed by atoms with Gasteiger partial charge in [-0.1, -0.05) is 12.5 Å². The second-order valence-electron chi connectivity index (χ2n) is 5.24. The van der Waals surface area contributed by atoms with Gasteiger partial charge in [0, 0.05) is 6.20 Å². The highest BCUT2D eigenvalue weighted by Gasteiger charge is 2.37. The summed E-state index contributed by atoms with van der Waals surface area (Å²) in [7, 11) is 0. The van der Waals surface area contributed by atoms with E-state index in [1.54, 1.807) is 4.40 Å². The van der Waals surface area contributed by atoms with Gasteiger partial charge in [-0.05, 0) is 25.0 Å². The third kappa shape index (κ3) is 2.58. The molecule has 7 nitrogen and oxygen atoms in total. The van der Waals surface area contributed by atoms with Crippen molar-refractivity contribution >= 4 is 17.5 Å². The number of nitrogens with one attached hydrogen (secondary N) is 1. The van der Waals surface area contributed by atoms with Crippen molar-refractivity contribution in [1.82, 2.24) is 19.9 Å². The molecule has 110 valence electrons. The van der Waals surface area contributed by atoms with Crippen LogP contribution in [0.2, 0.25) is 0 Å². The fraction of sp³-hybridized carbons (Fsp3) is 0.429. The van der Waals surface area contributed by atoms with Crippen LogP contribution in [0, 0.1) is 11.8 Å². The second kappa shape index (κ2) is 5.51. The number of carbonyl (C=O) groups excluding carboxylic acids is 1. The van der Waals surface area contributed by atoms with E-state index in [1.807, 2.05) is 24.4 Å². The van der Waals surface area contributed by atoms with Gasteiger partial charge in [-0.15, -0.1) is 10.2 Å². The number of carboxylic acids is 1. The Morgan fingerprint density at radius 1 is 1.29 bits per heavy atom. The third-order valence-electron chi connectivity index (χ3n) is 3.97. The van der Waals surface area contributed by atoms with Crippen LogP contribution in [0.3, 0.4) is 0 Å². The van der Waals surface area contributed by atoms with Crippen molar-refractivity contribution in [2.24, 2.45) is 11.8 Å². The SMILES string of the molecule is O=C(O)C1CCCC1C(=O)NCc1nnc2ccccn12. The van der Waals surface area contributed by atoms with Gasteiger partial charge in [0.05, 0.1) is 18.4 Å². The summed E-state index contributed by atoms with van der Waals surface area (Å²) in [6.45, 7) is 0.243. The summed E-state index contributed by atoms with van der Waals surface area (Å²) in [4.78, 5) is 23.3. The molecule has 0 spiro atoms. The molecule has 2 N–H and O–H groups in total. The summed E-state index contributed by atoms with van der Waals surface area (Å²) in [6.07, 6.45) is 3.81. The molecule has 2 atom stereocenters. The minimum absolute atomic E-state index is 0.215. The number of pyridine rings is 1. The topological polar surface area (TPSA) is 96.6 Å². The fourth-order valence-corrected chi connectivity index (χ4v) is 2.88. The molecule has 3 rings (SSSR count). The molecule has 0 radical (unpaired) electrons. The zero-order chi connectivity index (χ0) is 14.8. The molecule has 0 saturated heterocycles. The lowest BCUT2D eigenvalue weighted by atomic mass is 9.95. The lowest BCUT2D eigenvalue weighted by Crippen LogP contribution is -2.35. The molecule has 2 unspecified atom stereocenters. The number of carboxylic acid groups (broad SMARTS) is 1. The van der Waals surface area contributed by atoms with E-state index in [4.69, 9.17) is 5.11 Å². The summed E-state index contributed by atoms with van der Waals surface area (Å²) in [5.41, 5.74) is 0.714. The van der Waals surface area contributed by atoms with Gasteiger partial charge in [0.25, 0.3) is 0 Å². The summed E-state index contributed by atoms with van der Waals surface area (Å²) in [6, 6.07) is 5.55. The van der Waals surface area contributed by atoms with E-state index in [9.17, 15) is 9.59 Å². The monoisotopic (exact) mass is 288 g/mol. The first-order chi connectivity index (χ1) is 10.2. The van der Waals surface area contributed by atoms with E-state index in [0.29, 0.717) is 24.3 Å². The highest BCUT2D eigenvalue weighted by atomic mass is 16.4. The molecule has 2 aromatic heterocycles. The number of hydrogen-bond acceptors (Lipinski definition) is 4. The lowest BCUT2D eigenvalue weighted by molar-refractivity contribution is -0.146. The highest BCUT2D eigenvalue weighted by molar-refractivity contribution is 5.85. The molecular weight excluding hydrogens is 272 g/mol. The van der Waals surface area contributed by atoms with Gasteiger partial charge >= 0.3 is 5.97 Å². The lowest BCUT2D eigenvalue weighted by Gasteiger charge is -2.15. The summed E-state index contributed by atoms with van der Waals surface area (Å²) in [5, 5.41) is 19.9. The molecule has 2 heterocycles. The van der Waals surface area contributed by atoms with Crippen molar-refractivity contribution in [3.63, 3.8) is 0 Å². The van der Waals surface area contributed by atoms with Crippen molar-refractivity contribution in [1.29, 1.82) is 0 Å². The number of carbonyl (C=O) groups is 2. The van der Waals surface area contributed by atoms with Gasteiger partial charge in [0.1, 0.15) is 0 Å². The van der Waals surface area contributed by atoms with E-state index in [2.05, 4.69) is 15.5 Å². The number of aliphatic carboxylic acids is 1. The Balaban J connectivity index is 1.67. The molecule has 2 aromatic rings. The summed E-state index contributed by atoms with van der Waals surface area (Å²) in [5.74, 6) is -1.49. The number of amides is 1. The Morgan fingerprint density at radius 2 is 2.10 bits per heavy atom.